The number of rotatable bonds is 5. The van der Waals surface area contributed by atoms with E-state index in [0.717, 1.165) is 25.2 Å². The summed E-state index contributed by atoms with van der Waals surface area (Å²) >= 11 is 0. The van der Waals surface area contributed by atoms with Crippen molar-refractivity contribution in [3.05, 3.63) is 53.6 Å². The van der Waals surface area contributed by atoms with Crippen LogP contribution in [0.25, 0.3) is 0 Å². The number of nitrogens with zero attached hydrogens (tertiary/aromatic N) is 2. The summed E-state index contributed by atoms with van der Waals surface area (Å²) in [5, 5.41) is 0. The van der Waals surface area contributed by atoms with Gasteiger partial charge in [-0.2, -0.15) is 0 Å². The highest BCUT2D eigenvalue weighted by atomic mass is 15.1. The number of hydrogen-bond acceptors (Lipinski definition) is 2. The van der Waals surface area contributed by atoms with Gasteiger partial charge in [0.15, 0.2) is 0 Å². The van der Waals surface area contributed by atoms with Crippen molar-refractivity contribution in [3.8, 4) is 0 Å². The van der Waals surface area contributed by atoms with Gasteiger partial charge in [0.05, 0.1) is 0 Å². The van der Waals surface area contributed by atoms with Crippen molar-refractivity contribution in [2.45, 2.75) is 39.3 Å². The summed E-state index contributed by atoms with van der Waals surface area (Å²) in [6.07, 6.45) is 5.58. The van der Waals surface area contributed by atoms with Gasteiger partial charge in [0, 0.05) is 31.4 Å². The van der Waals surface area contributed by atoms with Crippen LogP contribution >= 0.6 is 0 Å². The molecule has 0 aliphatic carbocycles. The molecular formula is C15H21N3. The molecule has 1 heterocycles. The Morgan fingerprint density at radius 2 is 1.94 bits per heavy atom. The molecule has 0 amide bonds. The Balaban J connectivity index is 1.96. The smallest absolute Gasteiger partial charge is 0.110 e. The third-order valence-electron chi connectivity index (χ3n) is 3.21. The molecule has 2 rings (SSSR count). The fourth-order valence-corrected chi connectivity index (χ4v) is 2.15. The van der Waals surface area contributed by atoms with Crippen molar-refractivity contribution in [2.75, 3.05) is 0 Å². The van der Waals surface area contributed by atoms with Crippen LogP contribution in [0.4, 0.5) is 0 Å². The van der Waals surface area contributed by atoms with Crippen molar-refractivity contribution in [2.24, 2.45) is 5.73 Å². The number of aryl methyl sites for hydroxylation is 2. The molecule has 1 aromatic carbocycles. The summed E-state index contributed by atoms with van der Waals surface area (Å²) < 4.78 is 2.15. The first-order chi connectivity index (χ1) is 8.69. The van der Waals surface area contributed by atoms with Crippen molar-refractivity contribution in [1.82, 2.24) is 9.55 Å². The molecule has 0 fully saturated rings. The van der Waals surface area contributed by atoms with E-state index in [0.29, 0.717) is 0 Å². The van der Waals surface area contributed by atoms with E-state index in [2.05, 4.69) is 47.7 Å². The highest BCUT2D eigenvalue weighted by Gasteiger charge is 2.09. The van der Waals surface area contributed by atoms with Gasteiger partial charge in [-0.1, -0.05) is 29.8 Å². The summed E-state index contributed by atoms with van der Waals surface area (Å²) in [7, 11) is 0. The molecule has 0 aliphatic rings. The topological polar surface area (TPSA) is 43.8 Å². The molecule has 1 unspecified atom stereocenters. The molecule has 0 aliphatic heterocycles. The number of benzene rings is 1. The molecular weight excluding hydrogens is 222 g/mol. The van der Waals surface area contributed by atoms with Gasteiger partial charge < -0.3 is 10.3 Å². The number of nitrogens with two attached hydrogens (primary N) is 1. The fourth-order valence-electron chi connectivity index (χ4n) is 2.15. The van der Waals surface area contributed by atoms with Crippen molar-refractivity contribution in [3.63, 3.8) is 0 Å². The van der Waals surface area contributed by atoms with Crippen LogP contribution in [0.15, 0.2) is 36.7 Å². The maximum absolute atomic E-state index is 6.21. The van der Waals surface area contributed by atoms with Gasteiger partial charge in [-0.15, -0.1) is 0 Å². The summed E-state index contributed by atoms with van der Waals surface area (Å²) in [6, 6.07) is 8.70. The quantitative estimate of drug-likeness (QED) is 0.876. The van der Waals surface area contributed by atoms with Gasteiger partial charge in [0.1, 0.15) is 5.82 Å². The summed E-state index contributed by atoms with van der Waals surface area (Å²) in [5.41, 5.74) is 8.79. The van der Waals surface area contributed by atoms with Gasteiger partial charge in [-0.05, 0) is 25.8 Å². The average molecular weight is 243 g/mol. The lowest BCUT2D eigenvalue weighted by atomic mass is 10.0. The van der Waals surface area contributed by atoms with E-state index in [1.165, 1.54) is 11.1 Å². The zero-order valence-corrected chi connectivity index (χ0v) is 11.1. The molecule has 2 N–H and O–H groups in total. The first-order valence-corrected chi connectivity index (χ1v) is 6.50. The Morgan fingerprint density at radius 3 is 2.61 bits per heavy atom. The van der Waals surface area contributed by atoms with Gasteiger partial charge in [0.2, 0.25) is 0 Å². The van der Waals surface area contributed by atoms with E-state index in [-0.39, 0.29) is 6.04 Å². The normalized spacial score (nSPS) is 12.6. The van der Waals surface area contributed by atoms with E-state index in [1.807, 2.05) is 12.4 Å². The molecule has 0 radical (unpaired) electrons. The van der Waals surface area contributed by atoms with Gasteiger partial charge in [0.25, 0.3) is 0 Å². The van der Waals surface area contributed by atoms with Gasteiger partial charge >= 0.3 is 0 Å². The van der Waals surface area contributed by atoms with Gasteiger partial charge in [-0.25, -0.2) is 4.98 Å². The van der Waals surface area contributed by atoms with Crippen LogP contribution in [0.5, 0.6) is 0 Å². The highest BCUT2D eigenvalue weighted by molar-refractivity contribution is 5.22. The first-order valence-electron chi connectivity index (χ1n) is 6.50. The second-order valence-electron chi connectivity index (χ2n) is 4.78. The first kappa shape index (κ1) is 12.8. The van der Waals surface area contributed by atoms with Crippen molar-refractivity contribution < 1.29 is 0 Å². The number of hydrogen-bond donors (Lipinski definition) is 1. The Labute approximate surface area is 109 Å². The lowest BCUT2D eigenvalue weighted by Gasteiger charge is -2.12. The molecule has 1 atom stereocenters. The zero-order chi connectivity index (χ0) is 13.0. The lowest BCUT2D eigenvalue weighted by Crippen LogP contribution is -2.27. The van der Waals surface area contributed by atoms with Crippen LogP contribution in [0.3, 0.4) is 0 Å². The molecule has 3 heteroatoms. The van der Waals surface area contributed by atoms with E-state index in [4.69, 9.17) is 5.73 Å². The average Bonchev–Trinajstić information content (AvgIpc) is 2.79. The molecule has 0 bridgehead atoms. The summed E-state index contributed by atoms with van der Waals surface area (Å²) in [6.45, 7) is 5.17. The maximum Gasteiger partial charge on any atom is 0.110 e. The molecule has 0 spiro atoms. The van der Waals surface area contributed by atoms with Crippen LogP contribution in [0.1, 0.15) is 23.9 Å². The third-order valence-corrected chi connectivity index (χ3v) is 3.21. The molecule has 1 aromatic heterocycles. The fraction of sp³-hybridized carbons (Fsp3) is 0.400. The Hall–Kier alpha value is -1.61. The second-order valence-corrected chi connectivity index (χ2v) is 4.78. The van der Waals surface area contributed by atoms with Crippen LogP contribution in [0.2, 0.25) is 0 Å². The van der Waals surface area contributed by atoms with Crippen LogP contribution in [0, 0.1) is 6.92 Å². The van der Waals surface area contributed by atoms with E-state index in [9.17, 15) is 0 Å². The highest BCUT2D eigenvalue weighted by Crippen LogP contribution is 2.08. The van der Waals surface area contributed by atoms with E-state index < -0.39 is 0 Å². The molecule has 96 valence electrons. The largest absolute Gasteiger partial charge is 0.335 e. The molecule has 3 nitrogen and oxygen atoms in total. The van der Waals surface area contributed by atoms with Crippen molar-refractivity contribution >= 4 is 0 Å². The third kappa shape index (κ3) is 3.20. The van der Waals surface area contributed by atoms with Crippen LogP contribution in [-0.4, -0.2) is 15.6 Å². The predicted molar refractivity (Wildman–Crippen MR) is 74.5 cm³/mol. The standard InChI is InChI=1S/C15H21N3/c1-3-18-9-8-17-15(18)11-14(16)10-13-6-4-12(2)5-7-13/h4-9,14H,3,10-11,16H2,1-2H3. The minimum absolute atomic E-state index is 0.125. The SMILES string of the molecule is CCn1ccnc1CC(N)Cc1ccc(C)cc1. The monoisotopic (exact) mass is 243 g/mol. The Bertz CT molecular complexity index is 485. The molecule has 18 heavy (non-hydrogen) atoms. The zero-order valence-electron chi connectivity index (χ0n) is 11.1. The molecule has 2 aromatic rings. The Kier molecular flexibility index (Phi) is 4.15. The minimum Gasteiger partial charge on any atom is -0.335 e. The van der Waals surface area contributed by atoms with E-state index in [1.54, 1.807) is 0 Å². The maximum atomic E-state index is 6.21. The molecule has 0 saturated carbocycles. The summed E-state index contributed by atoms with van der Waals surface area (Å²) in [4.78, 5) is 4.37. The Morgan fingerprint density at radius 1 is 1.22 bits per heavy atom. The number of imidazole rings is 1. The van der Waals surface area contributed by atoms with Crippen LogP contribution in [-0.2, 0) is 19.4 Å². The molecule has 0 saturated heterocycles. The summed E-state index contributed by atoms with van der Waals surface area (Å²) in [5.74, 6) is 1.08. The predicted octanol–water partition coefficient (Wildman–Crippen LogP) is 2.32. The second kappa shape index (κ2) is 5.83. The number of aromatic nitrogens is 2. The van der Waals surface area contributed by atoms with Crippen LogP contribution < -0.4 is 5.73 Å². The lowest BCUT2D eigenvalue weighted by molar-refractivity contribution is 0.602. The van der Waals surface area contributed by atoms with E-state index >= 15 is 0 Å². The van der Waals surface area contributed by atoms with Crippen molar-refractivity contribution in [1.29, 1.82) is 0 Å². The minimum atomic E-state index is 0.125. The van der Waals surface area contributed by atoms with Gasteiger partial charge in [-0.3, -0.25) is 0 Å².